The predicted octanol–water partition coefficient (Wildman–Crippen LogP) is 0.955. The van der Waals surface area contributed by atoms with Gasteiger partial charge in [0.1, 0.15) is 0 Å². The van der Waals surface area contributed by atoms with Crippen LogP contribution in [0.5, 0.6) is 0 Å². The van der Waals surface area contributed by atoms with Crippen molar-refractivity contribution in [3.63, 3.8) is 0 Å². The fourth-order valence-corrected chi connectivity index (χ4v) is 0.530. The molecular weight excluding hydrogens is 140 g/mol. The van der Waals surface area contributed by atoms with Crippen LogP contribution in [-0.4, -0.2) is 25.5 Å². The Morgan fingerprint density at radius 3 is 2.45 bits per heavy atom. The molecule has 11 heavy (non-hydrogen) atoms. The molecule has 0 aromatic heterocycles. The molecule has 0 aliphatic carbocycles. The number of rotatable bonds is 2. The number of aliphatic imine (C=N–C) groups is 1. The van der Waals surface area contributed by atoms with Crippen molar-refractivity contribution in [3.05, 3.63) is 12.3 Å². The Morgan fingerprint density at radius 1 is 1.45 bits per heavy atom. The molecule has 0 aromatic carbocycles. The third-order valence-electron chi connectivity index (χ3n) is 1.11. The van der Waals surface area contributed by atoms with E-state index in [0.29, 0.717) is 6.04 Å². The SMILES string of the molecule is CC.N/C=C\C=NC1COC1. The zero-order valence-corrected chi connectivity index (χ0v) is 7.16. The van der Waals surface area contributed by atoms with E-state index in [1.54, 1.807) is 12.3 Å². The quantitative estimate of drug-likeness (QED) is 0.605. The van der Waals surface area contributed by atoms with Gasteiger partial charge in [-0.3, -0.25) is 4.99 Å². The van der Waals surface area contributed by atoms with Crippen LogP contribution in [0.2, 0.25) is 0 Å². The highest BCUT2D eigenvalue weighted by molar-refractivity contribution is 5.70. The molecule has 64 valence electrons. The van der Waals surface area contributed by atoms with Crippen LogP contribution >= 0.6 is 0 Å². The highest BCUT2D eigenvalue weighted by atomic mass is 16.5. The second-order valence-corrected chi connectivity index (χ2v) is 1.87. The normalized spacial score (nSPS) is 18.0. The van der Waals surface area contributed by atoms with Gasteiger partial charge in [-0.2, -0.15) is 0 Å². The molecule has 1 aliphatic rings. The average molecular weight is 156 g/mol. The number of allylic oxidation sites excluding steroid dienone is 1. The third kappa shape index (κ3) is 4.56. The molecule has 0 unspecified atom stereocenters. The minimum atomic E-state index is 0.376. The van der Waals surface area contributed by atoms with Crippen molar-refractivity contribution in [3.8, 4) is 0 Å². The van der Waals surface area contributed by atoms with Crippen molar-refractivity contribution in [2.24, 2.45) is 10.7 Å². The molecular formula is C8H16N2O. The van der Waals surface area contributed by atoms with Gasteiger partial charge in [0.15, 0.2) is 0 Å². The summed E-state index contributed by atoms with van der Waals surface area (Å²) in [6, 6.07) is 0.376. The number of hydrogen-bond donors (Lipinski definition) is 1. The molecule has 1 rings (SSSR count). The van der Waals surface area contributed by atoms with Gasteiger partial charge in [0.05, 0.1) is 19.3 Å². The minimum absolute atomic E-state index is 0.376. The number of nitrogens with two attached hydrogens (primary N) is 1. The molecule has 1 saturated heterocycles. The summed E-state index contributed by atoms with van der Waals surface area (Å²) in [5.41, 5.74) is 5.07. The molecule has 0 spiro atoms. The predicted molar refractivity (Wildman–Crippen MR) is 47.8 cm³/mol. The first-order valence-corrected chi connectivity index (χ1v) is 3.91. The van der Waals surface area contributed by atoms with Gasteiger partial charge in [-0.1, -0.05) is 13.8 Å². The van der Waals surface area contributed by atoms with E-state index in [2.05, 4.69) is 4.99 Å². The summed E-state index contributed by atoms with van der Waals surface area (Å²) in [5, 5.41) is 0. The number of hydrogen-bond acceptors (Lipinski definition) is 3. The lowest BCUT2D eigenvalue weighted by Crippen LogP contribution is -2.31. The Kier molecular flexibility index (Phi) is 6.73. The van der Waals surface area contributed by atoms with Gasteiger partial charge >= 0.3 is 0 Å². The Bertz CT molecular complexity index is 128. The maximum Gasteiger partial charge on any atom is 0.0965 e. The summed E-state index contributed by atoms with van der Waals surface area (Å²) in [4.78, 5) is 4.10. The van der Waals surface area contributed by atoms with Crippen LogP contribution in [0.1, 0.15) is 13.8 Å². The van der Waals surface area contributed by atoms with E-state index in [9.17, 15) is 0 Å². The van der Waals surface area contributed by atoms with Gasteiger partial charge in [0, 0.05) is 6.21 Å². The van der Waals surface area contributed by atoms with Crippen molar-refractivity contribution in [2.45, 2.75) is 19.9 Å². The first-order chi connectivity index (χ1) is 5.43. The second-order valence-electron chi connectivity index (χ2n) is 1.87. The standard InChI is InChI=1S/C6H10N2O.C2H6/c7-2-1-3-8-6-4-9-5-6;1-2/h1-3,6H,4-5,7H2;1-2H3/b2-1-,8-3?;. The van der Waals surface area contributed by atoms with E-state index in [1.807, 2.05) is 13.8 Å². The van der Waals surface area contributed by atoms with Gasteiger partial charge < -0.3 is 10.5 Å². The monoisotopic (exact) mass is 156 g/mol. The van der Waals surface area contributed by atoms with Crippen LogP contribution < -0.4 is 5.73 Å². The van der Waals surface area contributed by atoms with Crippen LogP contribution in [0.25, 0.3) is 0 Å². The molecule has 0 amide bonds. The number of ether oxygens (including phenoxy) is 1. The molecule has 1 aliphatic heterocycles. The molecule has 0 saturated carbocycles. The fraction of sp³-hybridized carbons (Fsp3) is 0.625. The topological polar surface area (TPSA) is 47.6 Å². The first kappa shape index (κ1) is 10.2. The van der Waals surface area contributed by atoms with E-state index in [0.717, 1.165) is 13.2 Å². The average Bonchev–Trinajstić information content (AvgIpc) is 1.99. The summed E-state index contributed by atoms with van der Waals surface area (Å²) in [7, 11) is 0. The van der Waals surface area contributed by atoms with E-state index in [4.69, 9.17) is 10.5 Å². The molecule has 0 atom stereocenters. The van der Waals surface area contributed by atoms with Crippen LogP contribution in [-0.2, 0) is 4.74 Å². The van der Waals surface area contributed by atoms with Crippen molar-refractivity contribution in [2.75, 3.05) is 13.2 Å². The highest BCUT2D eigenvalue weighted by Gasteiger charge is 2.14. The zero-order valence-electron chi connectivity index (χ0n) is 7.16. The van der Waals surface area contributed by atoms with Crippen molar-refractivity contribution >= 4 is 6.21 Å². The van der Waals surface area contributed by atoms with Gasteiger partial charge in [0.25, 0.3) is 0 Å². The lowest BCUT2D eigenvalue weighted by atomic mass is 10.3. The second kappa shape index (κ2) is 7.28. The number of nitrogens with zero attached hydrogens (tertiary/aromatic N) is 1. The summed E-state index contributed by atoms with van der Waals surface area (Å²) < 4.78 is 4.90. The summed E-state index contributed by atoms with van der Waals surface area (Å²) in [6.45, 7) is 5.52. The first-order valence-electron chi connectivity index (χ1n) is 3.91. The zero-order chi connectivity index (χ0) is 8.53. The lowest BCUT2D eigenvalue weighted by Gasteiger charge is -2.21. The lowest BCUT2D eigenvalue weighted by molar-refractivity contribution is 0.0135. The Balaban J connectivity index is 0.000000461. The van der Waals surface area contributed by atoms with Crippen molar-refractivity contribution in [1.82, 2.24) is 0 Å². The maximum absolute atomic E-state index is 5.07. The Labute approximate surface area is 68.0 Å². The largest absolute Gasteiger partial charge is 0.405 e. The van der Waals surface area contributed by atoms with E-state index < -0.39 is 0 Å². The van der Waals surface area contributed by atoms with Gasteiger partial charge in [-0.05, 0) is 12.3 Å². The van der Waals surface area contributed by atoms with Crippen molar-refractivity contribution < 1.29 is 4.74 Å². The van der Waals surface area contributed by atoms with E-state index in [1.165, 1.54) is 6.20 Å². The summed E-state index contributed by atoms with van der Waals surface area (Å²) in [6.07, 6.45) is 4.87. The maximum atomic E-state index is 5.07. The van der Waals surface area contributed by atoms with E-state index >= 15 is 0 Å². The van der Waals surface area contributed by atoms with Crippen molar-refractivity contribution in [1.29, 1.82) is 0 Å². The van der Waals surface area contributed by atoms with Gasteiger partial charge in [-0.15, -0.1) is 0 Å². The van der Waals surface area contributed by atoms with Crippen LogP contribution in [0, 0.1) is 0 Å². The van der Waals surface area contributed by atoms with Gasteiger partial charge in [0.2, 0.25) is 0 Å². The van der Waals surface area contributed by atoms with Crippen LogP contribution in [0.15, 0.2) is 17.3 Å². The minimum Gasteiger partial charge on any atom is -0.405 e. The van der Waals surface area contributed by atoms with E-state index in [-0.39, 0.29) is 0 Å². The summed E-state index contributed by atoms with van der Waals surface area (Å²) >= 11 is 0. The molecule has 1 heterocycles. The van der Waals surface area contributed by atoms with Crippen LogP contribution in [0.4, 0.5) is 0 Å². The van der Waals surface area contributed by atoms with Gasteiger partial charge in [-0.25, -0.2) is 0 Å². The Morgan fingerprint density at radius 2 is 2.09 bits per heavy atom. The molecule has 0 radical (unpaired) electrons. The summed E-state index contributed by atoms with van der Waals surface area (Å²) in [5.74, 6) is 0. The smallest absolute Gasteiger partial charge is 0.0965 e. The highest BCUT2D eigenvalue weighted by Crippen LogP contribution is 2.03. The van der Waals surface area contributed by atoms with Crippen LogP contribution in [0.3, 0.4) is 0 Å². The third-order valence-corrected chi connectivity index (χ3v) is 1.11. The fourth-order valence-electron chi connectivity index (χ4n) is 0.530. The molecule has 0 bridgehead atoms. The molecule has 3 heteroatoms. The molecule has 3 nitrogen and oxygen atoms in total. The molecule has 1 fully saturated rings. The Hall–Kier alpha value is -0.830. The molecule has 0 aromatic rings. The molecule has 2 N–H and O–H groups in total.